The minimum Gasteiger partial charge on any atom is -0.449 e. The molecule has 1 aliphatic rings. The largest absolute Gasteiger partial charge is 0.449 e. The zero-order valence-corrected chi connectivity index (χ0v) is 17.7. The normalized spacial score (nSPS) is 16.0. The predicted octanol–water partition coefficient (Wildman–Crippen LogP) is 1.56. The van der Waals surface area contributed by atoms with Crippen molar-refractivity contribution < 1.29 is 27.5 Å². The summed E-state index contributed by atoms with van der Waals surface area (Å²) < 4.78 is 32.3. The minimum absolute atomic E-state index is 0.0105. The second-order valence-corrected chi connectivity index (χ2v) is 8.78. The van der Waals surface area contributed by atoms with E-state index in [2.05, 4.69) is 10.6 Å². The van der Waals surface area contributed by atoms with Crippen molar-refractivity contribution in [2.24, 2.45) is 0 Å². The molecule has 2 N–H and O–H groups in total. The standard InChI is InChI=1S/C19H27N3O6S/c1-4-20-19(25)21-17(23)14(3)28-18(24)16-12-15(9-8-13(16)2)29(26,27)22-10-6-5-7-11-22/h8-9,12,14H,4-7,10-11H2,1-3H3,(H2,20,21,23,25)/t14-/m1/s1. The fourth-order valence-electron chi connectivity index (χ4n) is 2.93. The highest BCUT2D eigenvalue weighted by Crippen LogP contribution is 2.23. The molecule has 0 radical (unpaired) electrons. The number of imide groups is 1. The summed E-state index contributed by atoms with van der Waals surface area (Å²) in [5.74, 6) is -1.62. The Labute approximate surface area is 170 Å². The van der Waals surface area contributed by atoms with Crippen LogP contribution in [0.2, 0.25) is 0 Å². The number of ether oxygens (including phenoxy) is 1. The van der Waals surface area contributed by atoms with Gasteiger partial charge in [-0.1, -0.05) is 12.5 Å². The second kappa shape index (κ2) is 9.84. The van der Waals surface area contributed by atoms with Crippen molar-refractivity contribution in [3.63, 3.8) is 0 Å². The molecule has 1 aliphatic heterocycles. The number of carbonyl (C=O) groups excluding carboxylic acids is 3. The van der Waals surface area contributed by atoms with Gasteiger partial charge >= 0.3 is 12.0 Å². The fourth-order valence-corrected chi connectivity index (χ4v) is 4.48. The van der Waals surface area contributed by atoms with Gasteiger partial charge in [0, 0.05) is 19.6 Å². The molecule has 1 saturated heterocycles. The molecule has 29 heavy (non-hydrogen) atoms. The van der Waals surface area contributed by atoms with Gasteiger partial charge < -0.3 is 10.1 Å². The lowest BCUT2D eigenvalue weighted by atomic mass is 10.1. The van der Waals surface area contributed by atoms with E-state index in [-0.39, 0.29) is 10.5 Å². The molecule has 0 bridgehead atoms. The highest BCUT2D eigenvalue weighted by molar-refractivity contribution is 7.89. The quantitative estimate of drug-likeness (QED) is 0.667. The topological polar surface area (TPSA) is 122 Å². The fraction of sp³-hybridized carbons (Fsp3) is 0.526. The second-order valence-electron chi connectivity index (χ2n) is 6.84. The van der Waals surface area contributed by atoms with Crippen LogP contribution in [-0.4, -0.2) is 56.4 Å². The van der Waals surface area contributed by atoms with Crippen molar-refractivity contribution in [1.29, 1.82) is 0 Å². The zero-order chi connectivity index (χ0) is 21.6. The van der Waals surface area contributed by atoms with Gasteiger partial charge in [-0.25, -0.2) is 18.0 Å². The smallest absolute Gasteiger partial charge is 0.339 e. The molecular weight excluding hydrogens is 398 g/mol. The van der Waals surface area contributed by atoms with E-state index in [1.807, 2.05) is 0 Å². The third-order valence-corrected chi connectivity index (χ3v) is 6.50. The summed E-state index contributed by atoms with van der Waals surface area (Å²) >= 11 is 0. The van der Waals surface area contributed by atoms with Crippen molar-refractivity contribution in [2.45, 2.75) is 51.0 Å². The lowest BCUT2D eigenvalue weighted by Crippen LogP contribution is -2.44. The summed E-state index contributed by atoms with van der Waals surface area (Å²) in [6.07, 6.45) is 1.37. The Morgan fingerprint density at radius 3 is 2.45 bits per heavy atom. The molecule has 160 valence electrons. The van der Waals surface area contributed by atoms with E-state index in [1.165, 1.54) is 29.4 Å². The van der Waals surface area contributed by atoms with Gasteiger partial charge in [-0.2, -0.15) is 4.31 Å². The Balaban J connectivity index is 2.15. The Hall–Kier alpha value is -2.46. The van der Waals surface area contributed by atoms with E-state index in [1.54, 1.807) is 13.8 Å². The summed E-state index contributed by atoms with van der Waals surface area (Å²) in [5, 5.41) is 4.46. The van der Waals surface area contributed by atoms with E-state index in [0.29, 0.717) is 25.2 Å². The van der Waals surface area contributed by atoms with E-state index in [9.17, 15) is 22.8 Å². The maximum atomic E-state index is 12.9. The van der Waals surface area contributed by atoms with E-state index in [0.717, 1.165) is 19.3 Å². The van der Waals surface area contributed by atoms with Crippen LogP contribution in [0.3, 0.4) is 0 Å². The highest BCUT2D eigenvalue weighted by Gasteiger charge is 2.28. The number of nitrogens with one attached hydrogen (secondary N) is 2. The number of piperidine rings is 1. The van der Waals surface area contributed by atoms with E-state index < -0.39 is 34.0 Å². The maximum Gasteiger partial charge on any atom is 0.339 e. The number of urea groups is 1. The average Bonchev–Trinajstić information content (AvgIpc) is 2.68. The number of benzene rings is 1. The number of amides is 3. The molecular formula is C19H27N3O6S. The molecule has 0 aromatic heterocycles. The number of nitrogens with zero attached hydrogens (tertiary/aromatic N) is 1. The summed E-state index contributed by atoms with van der Waals surface area (Å²) in [6, 6.07) is 3.58. The Morgan fingerprint density at radius 2 is 1.83 bits per heavy atom. The molecule has 1 aromatic rings. The molecule has 0 saturated carbocycles. The number of hydrogen-bond donors (Lipinski definition) is 2. The van der Waals surface area contributed by atoms with Crippen molar-refractivity contribution in [3.8, 4) is 0 Å². The number of esters is 1. The van der Waals surface area contributed by atoms with Crippen LogP contribution in [0.1, 0.15) is 49.0 Å². The van der Waals surface area contributed by atoms with Gasteiger partial charge in [0.1, 0.15) is 0 Å². The molecule has 2 rings (SSSR count). The van der Waals surface area contributed by atoms with Gasteiger partial charge in [0.2, 0.25) is 10.0 Å². The summed E-state index contributed by atoms with van der Waals surface area (Å²) in [4.78, 5) is 35.9. The third-order valence-electron chi connectivity index (χ3n) is 4.61. The molecule has 10 heteroatoms. The SMILES string of the molecule is CCNC(=O)NC(=O)[C@@H](C)OC(=O)c1cc(S(=O)(=O)N2CCCCC2)ccc1C. The number of carbonyl (C=O) groups is 3. The average molecular weight is 426 g/mol. The minimum atomic E-state index is -3.71. The molecule has 1 heterocycles. The molecule has 1 aromatic carbocycles. The van der Waals surface area contributed by atoms with Gasteiger partial charge in [0.25, 0.3) is 5.91 Å². The van der Waals surface area contributed by atoms with Crippen LogP contribution in [0.25, 0.3) is 0 Å². The van der Waals surface area contributed by atoms with Crippen molar-refractivity contribution in [1.82, 2.24) is 14.9 Å². The van der Waals surface area contributed by atoms with Gasteiger partial charge in [0.05, 0.1) is 10.5 Å². The molecule has 3 amide bonds. The van der Waals surface area contributed by atoms with Crippen LogP contribution in [0.4, 0.5) is 4.79 Å². The van der Waals surface area contributed by atoms with Gasteiger partial charge in [-0.15, -0.1) is 0 Å². The van der Waals surface area contributed by atoms with Crippen LogP contribution in [0.15, 0.2) is 23.1 Å². The monoisotopic (exact) mass is 425 g/mol. The first-order valence-corrected chi connectivity index (χ1v) is 11.0. The van der Waals surface area contributed by atoms with Gasteiger partial charge in [0.15, 0.2) is 6.10 Å². The van der Waals surface area contributed by atoms with Crippen LogP contribution in [-0.2, 0) is 19.6 Å². The first-order chi connectivity index (χ1) is 13.7. The summed E-state index contributed by atoms with van der Waals surface area (Å²) in [5.41, 5.74) is 0.574. The number of sulfonamides is 1. The molecule has 1 fully saturated rings. The molecule has 0 spiro atoms. The Morgan fingerprint density at radius 1 is 1.17 bits per heavy atom. The summed E-state index contributed by atoms with van der Waals surface area (Å²) in [6.45, 7) is 5.91. The molecule has 1 atom stereocenters. The highest BCUT2D eigenvalue weighted by atomic mass is 32.2. The van der Waals surface area contributed by atoms with Gasteiger partial charge in [-0.3, -0.25) is 10.1 Å². The van der Waals surface area contributed by atoms with E-state index in [4.69, 9.17) is 4.74 Å². The van der Waals surface area contributed by atoms with Crippen LogP contribution < -0.4 is 10.6 Å². The summed E-state index contributed by atoms with van der Waals surface area (Å²) in [7, 11) is -3.71. The van der Waals surface area contributed by atoms with Crippen LogP contribution in [0.5, 0.6) is 0 Å². The Bertz CT molecular complexity index is 878. The first kappa shape index (κ1) is 22.8. The first-order valence-electron chi connectivity index (χ1n) is 9.57. The maximum absolute atomic E-state index is 12.9. The van der Waals surface area contributed by atoms with Crippen LogP contribution in [0, 0.1) is 6.92 Å². The van der Waals surface area contributed by atoms with E-state index >= 15 is 0 Å². The number of aryl methyl sites for hydroxylation is 1. The lowest BCUT2D eigenvalue weighted by molar-refractivity contribution is -0.127. The van der Waals surface area contributed by atoms with Crippen molar-refractivity contribution >= 4 is 27.9 Å². The zero-order valence-electron chi connectivity index (χ0n) is 16.9. The Kier molecular flexibility index (Phi) is 7.74. The number of hydrogen-bond acceptors (Lipinski definition) is 6. The van der Waals surface area contributed by atoms with Crippen LogP contribution >= 0.6 is 0 Å². The third kappa shape index (κ3) is 5.77. The predicted molar refractivity (Wildman–Crippen MR) is 106 cm³/mol. The molecule has 0 unspecified atom stereocenters. The van der Waals surface area contributed by atoms with Crippen molar-refractivity contribution in [2.75, 3.05) is 19.6 Å². The van der Waals surface area contributed by atoms with Crippen molar-refractivity contribution in [3.05, 3.63) is 29.3 Å². The lowest BCUT2D eigenvalue weighted by Gasteiger charge is -2.26. The van der Waals surface area contributed by atoms with Gasteiger partial charge in [-0.05, 0) is 51.3 Å². The molecule has 0 aliphatic carbocycles. The number of rotatable bonds is 6. The molecule has 9 nitrogen and oxygen atoms in total.